The van der Waals surface area contributed by atoms with Crippen molar-refractivity contribution in [3.05, 3.63) is 16.5 Å². The molecule has 2 rings (SSSR count). The first kappa shape index (κ1) is 7.18. The number of halogens is 1. The molecule has 1 aliphatic heterocycles. The molecular formula is C7H9BrN2O. The van der Waals surface area contributed by atoms with Gasteiger partial charge in [0.1, 0.15) is 5.76 Å². The first-order valence-corrected chi connectivity index (χ1v) is 4.35. The molecule has 0 bridgehead atoms. The van der Waals surface area contributed by atoms with Gasteiger partial charge in [-0.25, -0.2) is 5.43 Å². The van der Waals surface area contributed by atoms with Gasteiger partial charge in [-0.1, -0.05) is 6.92 Å². The molecule has 0 fully saturated rings. The Morgan fingerprint density at radius 1 is 1.73 bits per heavy atom. The largest absolute Gasteiger partial charge is 0.452 e. The average Bonchev–Trinajstić information content (AvgIpc) is 2.31. The van der Waals surface area contributed by atoms with Crippen LogP contribution in [0.25, 0.3) is 0 Å². The summed E-state index contributed by atoms with van der Waals surface area (Å²) in [6.45, 7) is 3.04. The van der Waals surface area contributed by atoms with Crippen LogP contribution in [-0.4, -0.2) is 6.54 Å². The van der Waals surface area contributed by atoms with E-state index in [1.807, 2.05) is 6.07 Å². The van der Waals surface area contributed by atoms with Gasteiger partial charge >= 0.3 is 0 Å². The van der Waals surface area contributed by atoms with Crippen LogP contribution in [0.4, 0.5) is 5.69 Å². The Morgan fingerprint density at radius 3 is 3.27 bits per heavy atom. The minimum Gasteiger partial charge on any atom is -0.452 e. The quantitative estimate of drug-likeness (QED) is 0.698. The third-order valence-corrected chi connectivity index (χ3v) is 2.20. The molecule has 1 aromatic rings. The number of hydrazine groups is 1. The Balaban J connectivity index is 2.43. The molecule has 11 heavy (non-hydrogen) atoms. The van der Waals surface area contributed by atoms with Crippen molar-refractivity contribution in [3.63, 3.8) is 0 Å². The molecule has 0 aliphatic carbocycles. The smallest absolute Gasteiger partial charge is 0.171 e. The summed E-state index contributed by atoms with van der Waals surface area (Å²) in [4.78, 5) is 0. The molecule has 2 N–H and O–H groups in total. The molecule has 1 aliphatic rings. The van der Waals surface area contributed by atoms with Gasteiger partial charge in [0, 0.05) is 18.5 Å². The highest BCUT2D eigenvalue weighted by atomic mass is 79.9. The molecule has 1 unspecified atom stereocenters. The van der Waals surface area contributed by atoms with Crippen LogP contribution in [0.1, 0.15) is 18.6 Å². The van der Waals surface area contributed by atoms with Gasteiger partial charge in [-0.2, -0.15) is 0 Å². The van der Waals surface area contributed by atoms with Crippen LogP contribution in [0, 0.1) is 0 Å². The summed E-state index contributed by atoms with van der Waals surface area (Å²) >= 11 is 3.29. The van der Waals surface area contributed by atoms with Crippen molar-refractivity contribution in [3.8, 4) is 0 Å². The molecule has 0 radical (unpaired) electrons. The zero-order valence-electron chi connectivity index (χ0n) is 6.15. The maximum absolute atomic E-state index is 5.43. The summed E-state index contributed by atoms with van der Waals surface area (Å²) in [5.74, 6) is 1.47. The van der Waals surface area contributed by atoms with Crippen LogP contribution in [0.2, 0.25) is 0 Å². The predicted octanol–water partition coefficient (Wildman–Crippen LogP) is 2.08. The van der Waals surface area contributed by atoms with E-state index >= 15 is 0 Å². The Bertz CT molecular complexity index is 271. The highest BCUT2D eigenvalue weighted by Gasteiger charge is 2.20. The number of nitrogens with one attached hydrogen (secondary N) is 2. The summed E-state index contributed by atoms with van der Waals surface area (Å²) in [5, 5.41) is 0. The lowest BCUT2D eigenvalue weighted by Gasteiger charge is -2.19. The summed E-state index contributed by atoms with van der Waals surface area (Å²) in [7, 11) is 0. The fourth-order valence-corrected chi connectivity index (χ4v) is 1.63. The standard InChI is InChI=1S/C7H9BrN2O/c1-4-3-9-10-5-2-6(8)11-7(4)5/h2,4,9-10H,3H2,1H3. The molecule has 0 spiro atoms. The summed E-state index contributed by atoms with van der Waals surface area (Å²) in [5.41, 5.74) is 7.15. The summed E-state index contributed by atoms with van der Waals surface area (Å²) in [6.07, 6.45) is 0. The van der Waals surface area contributed by atoms with Crippen molar-refractivity contribution in [2.24, 2.45) is 0 Å². The lowest BCUT2D eigenvalue weighted by Crippen LogP contribution is -2.30. The van der Waals surface area contributed by atoms with Crippen LogP contribution in [0.15, 0.2) is 15.2 Å². The van der Waals surface area contributed by atoms with Gasteiger partial charge in [0.05, 0.1) is 5.69 Å². The van der Waals surface area contributed by atoms with Crippen molar-refractivity contribution < 1.29 is 4.42 Å². The first-order chi connectivity index (χ1) is 5.27. The minimum atomic E-state index is 0.442. The number of hydrogen-bond donors (Lipinski definition) is 2. The normalized spacial score (nSPS) is 22.5. The lowest BCUT2D eigenvalue weighted by molar-refractivity contribution is 0.441. The molecule has 0 aromatic carbocycles. The zero-order chi connectivity index (χ0) is 7.84. The van der Waals surface area contributed by atoms with Gasteiger partial charge in [0.25, 0.3) is 0 Å². The molecule has 60 valence electrons. The molecule has 0 saturated heterocycles. The van der Waals surface area contributed by atoms with Crippen molar-refractivity contribution in [2.45, 2.75) is 12.8 Å². The third-order valence-electron chi connectivity index (χ3n) is 1.81. The SMILES string of the molecule is CC1CNNc2cc(Br)oc21. The molecule has 3 nitrogen and oxygen atoms in total. The van der Waals surface area contributed by atoms with Crippen LogP contribution in [0.3, 0.4) is 0 Å². The Hall–Kier alpha value is -0.480. The molecule has 0 amide bonds. The second kappa shape index (κ2) is 2.53. The summed E-state index contributed by atoms with van der Waals surface area (Å²) in [6, 6.07) is 1.93. The highest BCUT2D eigenvalue weighted by molar-refractivity contribution is 9.10. The minimum absolute atomic E-state index is 0.442. The lowest BCUT2D eigenvalue weighted by atomic mass is 10.1. The van der Waals surface area contributed by atoms with Crippen molar-refractivity contribution >= 4 is 21.6 Å². The van der Waals surface area contributed by atoms with Gasteiger partial charge in [0.2, 0.25) is 0 Å². The van der Waals surface area contributed by atoms with Crippen LogP contribution in [-0.2, 0) is 0 Å². The molecule has 0 saturated carbocycles. The van der Waals surface area contributed by atoms with E-state index in [-0.39, 0.29) is 0 Å². The van der Waals surface area contributed by atoms with Crippen molar-refractivity contribution in [1.29, 1.82) is 0 Å². The van der Waals surface area contributed by atoms with E-state index in [1.54, 1.807) is 0 Å². The maximum atomic E-state index is 5.43. The van der Waals surface area contributed by atoms with Gasteiger partial charge in [0.15, 0.2) is 4.67 Å². The van der Waals surface area contributed by atoms with E-state index in [2.05, 4.69) is 33.7 Å². The predicted molar refractivity (Wildman–Crippen MR) is 46.4 cm³/mol. The monoisotopic (exact) mass is 216 g/mol. The van der Waals surface area contributed by atoms with Gasteiger partial charge in [-0.3, -0.25) is 0 Å². The van der Waals surface area contributed by atoms with E-state index in [4.69, 9.17) is 4.42 Å². The molecule has 1 aromatic heterocycles. The molecule has 4 heteroatoms. The van der Waals surface area contributed by atoms with Crippen LogP contribution in [0.5, 0.6) is 0 Å². The first-order valence-electron chi connectivity index (χ1n) is 3.55. The van der Waals surface area contributed by atoms with E-state index in [1.165, 1.54) is 0 Å². The maximum Gasteiger partial charge on any atom is 0.171 e. The molecule has 1 atom stereocenters. The average molecular weight is 217 g/mol. The molecular weight excluding hydrogens is 208 g/mol. The Morgan fingerprint density at radius 2 is 2.55 bits per heavy atom. The van der Waals surface area contributed by atoms with Gasteiger partial charge < -0.3 is 9.84 Å². The Kier molecular flexibility index (Phi) is 1.65. The summed E-state index contributed by atoms with van der Waals surface area (Å²) < 4.78 is 6.22. The van der Waals surface area contributed by atoms with E-state index < -0.39 is 0 Å². The number of furan rings is 1. The topological polar surface area (TPSA) is 37.2 Å². The number of fused-ring (bicyclic) bond motifs is 1. The van der Waals surface area contributed by atoms with Crippen molar-refractivity contribution in [2.75, 3.05) is 12.0 Å². The van der Waals surface area contributed by atoms with E-state index in [0.717, 1.165) is 22.7 Å². The molecule has 2 heterocycles. The number of rotatable bonds is 0. The second-order valence-electron chi connectivity index (χ2n) is 2.74. The zero-order valence-corrected chi connectivity index (χ0v) is 7.73. The van der Waals surface area contributed by atoms with Gasteiger partial charge in [-0.15, -0.1) is 0 Å². The fourth-order valence-electron chi connectivity index (χ4n) is 1.23. The Labute approximate surface area is 73.3 Å². The fraction of sp³-hybridized carbons (Fsp3) is 0.429. The van der Waals surface area contributed by atoms with E-state index in [9.17, 15) is 0 Å². The number of anilines is 1. The number of hydrogen-bond acceptors (Lipinski definition) is 3. The van der Waals surface area contributed by atoms with Gasteiger partial charge in [-0.05, 0) is 15.9 Å². The second-order valence-corrected chi connectivity index (χ2v) is 3.52. The van der Waals surface area contributed by atoms with E-state index in [0.29, 0.717) is 5.92 Å². The van der Waals surface area contributed by atoms with Crippen molar-refractivity contribution in [1.82, 2.24) is 5.43 Å². The van der Waals surface area contributed by atoms with Crippen LogP contribution >= 0.6 is 15.9 Å². The highest BCUT2D eigenvalue weighted by Crippen LogP contribution is 2.32. The third kappa shape index (κ3) is 1.16. The van der Waals surface area contributed by atoms with Crippen LogP contribution < -0.4 is 10.9 Å².